The number of quaternary nitrogens is 1. The van der Waals surface area contributed by atoms with Crippen LogP contribution in [0.5, 0.6) is 0 Å². The lowest BCUT2D eigenvalue weighted by atomic mass is 10.1. The quantitative estimate of drug-likeness (QED) is 0.451. The van der Waals surface area contributed by atoms with Crippen molar-refractivity contribution in [3.05, 3.63) is 70.5 Å². The molecule has 2 aromatic carbocycles. The maximum absolute atomic E-state index is 12.5. The highest BCUT2D eigenvalue weighted by molar-refractivity contribution is 5.99. The Morgan fingerprint density at radius 1 is 0.962 bits per heavy atom. The molecule has 0 aliphatic carbocycles. The zero-order valence-corrected chi connectivity index (χ0v) is 14.1. The minimum atomic E-state index is -0.149. The maximum Gasteiger partial charge on any atom is 0.257 e. The lowest BCUT2D eigenvalue weighted by molar-refractivity contribution is -0.364. The number of carbonyl (C=O) groups excluding carboxylic acids is 1. The zero-order chi connectivity index (χ0) is 18.1. The summed E-state index contributed by atoms with van der Waals surface area (Å²) in [6, 6.07) is 16.9. The van der Waals surface area contributed by atoms with Crippen LogP contribution in [0.4, 0.5) is 0 Å². The lowest BCUT2D eigenvalue weighted by Crippen LogP contribution is -2.54. The number of H-pyrrole nitrogens is 2. The second-order valence-electron chi connectivity index (χ2n) is 6.19. The second kappa shape index (κ2) is 6.50. The van der Waals surface area contributed by atoms with Crippen LogP contribution in [-0.4, -0.2) is 29.0 Å². The molecule has 6 heteroatoms. The highest BCUT2D eigenvalue weighted by atomic mass is 16.1. The van der Waals surface area contributed by atoms with Gasteiger partial charge in [0.25, 0.3) is 11.5 Å². The molecule has 0 saturated heterocycles. The molecule has 0 bridgehead atoms. The minimum absolute atomic E-state index is 0.123. The number of rotatable bonds is 4. The normalized spacial score (nSPS) is 11.1. The van der Waals surface area contributed by atoms with E-state index in [1.165, 1.54) is 0 Å². The molecule has 0 aliphatic rings. The largest absolute Gasteiger partial charge is 0.356 e. The smallest absolute Gasteiger partial charge is 0.257 e. The Morgan fingerprint density at radius 2 is 1.77 bits per heavy atom. The molecule has 0 atom stereocenters. The average Bonchev–Trinajstić information content (AvgIpc) is 3.08. The number of carbonyl (C=O) groups is 1. The Bertz CT molecular complexity index is 1170. The van der Waals surface area contributed by atoms with E-state index >= 15 is 0 Å². The summed E-state index contributed by atoms with van der Waals surface area (Å²) >= 11 is 0. The molecular weight excluding hydrogens is 328 g/mol. The van der Waals surface area contributed by atoms with Crippen molar-refractivity contribution < 1.29 is 10.5 Å². The van der Waals surface area contributed by atoms with Gasteiger partial charge < -0.3 is 21.0 Å². The van der Waals surface area contributed by atoms with E-state index < -0.39 is 0 Å². The number of nitrogens with one attached hydrogen (secondary N) is 3. The first-order valence-electron chi connectivity index (χ1n) is 8.48. The van der Waals surface area contributed by atoms with Crippen LogP contribution in [0.2, 0.25) is 0 Å². The molecule has 6 N–H and O–H groups in total. The molecule has 0 aliphatic heterocycles. The molecule has 0 unspecified atom stereocenters. The number of hydrogen-bond donors (Lipinski definition) is 4. The summed E-state index contributed by atoms with van der Waals surface area (Å²) in [5, 5.41) is 4.67. The monoisotopic (exact) mass is 347 g/mol. The van der Waals surface area contributed by atoms with Gasteiger partial charge in [-0.25, -0.2) is 0 Å². The van der Waals surface area contributed by atoms with Crippen LogP contribution >= 0.6 is 0 Å². The van der Waals surface area contributed by atoms with Crippen LogP contribution < -0.4 is 16.6 Å². The molecule has 4 rings (SSSR count). The summed E-state index contributed by atoms with van der Waals surface area (Å²) in [5.74, 6) is -0.123. The predicted molar refractivity (Wildman–Crippen MR) is 102 cm³/mol. The van der Waals surface area contributed by atoms with Gasteiger partial charge >= 0.3 is 0 Å². The van der Waals surface area contributed by atoms with Gasteiger partial charge in [-0.2, -0.15) is 0 Å². The van der Waals surface area contributed by atoms with E-state index in [0.717, 1.165) is 27.5 Å². The maximum atomic E-state index is 12.5. The third kappa shape index (κ3) is 2.87. The molecule has 0 fully saturated rings. The van der Waals surface area contributed by atoms with Gasteiger partial charge in [0.2, 0.25) is 0 Å². The second-order valence-corrected chi connectivity index (χ2v) is 6.19. The first kappa shape index (κ1) is 16.1. The van der Waals surface area contributed by atoms with Crippen LogP contribution in [0.25, 0.3) is 33.1 Å². The number of hydrogen-bond acceptors (Lipinski definition) is 2. The van der Waals surface area contributed by atoms with Crippen molar-refractivity contribution >= 4 is 27.7 Å². The van der Waals surface area contributed by atoms with Crippen LogP contribution in [-0.2, 0) is 0 Å². The van der Waals surface area contributed by atoms with Crippen molar-refractivity contribution in [2.75, 3.05) is 13.1 Å². The van der Waals surface area contributed by atoms with E-state index in [2.05, 4.69) is 21.0 Å². The van der Waals surface area contributed by atoms with Crippen molar-refractivity contribution in [1.82, 2.24) is 15.3 Å². The summed E-state index contributed by atoms with van der Waals surface area (Å²) < 4.78 is 0. The molecule has 1 amide bonds. The van der Waals surface area contributed by atoms with Crippen LogP contribution in [0.15, 0.2) is 59.4 Å². The van der Waals surface area contributed by atoms with Gasteiger partial charge in [0.15, 0.2) is 0 Å². The zero-order valence-electron chi connectivity index (χ0n) is 14.1. The van der Waals surface area contributed by atoms with Gasteiger partial charge in [0.1, 0.15) is 0 Å². The molecule has 0 radical (unpaired) electrons. The third-order valence-corrected chi connectivity index (χ3v) is 4.39. The van der Waals surface area contributed by atoms with Crippen molar-refractivity contribution in [3.8, 4) is 11.3 Å². The Kier molecular flexibility index (Phi) is 4.02. The summed E-state index contributed by atoms with van der Waals surface area (Å²) in [5.41, 5.74) is 7.13. The summed E-state index contributed by atoms with van der Waals surface area (Å²) in [4.78, 5) is 30.8. The molecule has 26 heavy (non-hydrogen) atoms. The van der Waals surface area contributed by atoms with Gasteiger partial charge in [-0.15, -0.1) is 0 Å². The summed E-state index contributed by atoms with van der Waals surface area (Å²) in [7, 11) is 0. The van der Waals surface area contributed by atoms with E-state index in [-0.39, 0.29) is 11.5 Å². The molecular formula is C20H19N4O2+. The van der Waals surface area contributed by atoms with Crippen molar-refractivity contribution in [1.29, 1.82) is 0 Å². The summed E-state index contributed by atoms with van der Waals surface area (Å²) in [6.45, 7) is 1.19. The van der Waals surface area contributed by atoms with E-state index in [1.54, 1.807) is 6.07 Å². The molecule has 0 saturated carbocycles. The molecule has 2 aromatic heterocycles. The fraction of sp³-hybridized carbons (Fsp3) is 0.100. The fourth-order valence-corrected chi connectivity index (χ4v) is 3.07. The molecule has 130 valence electrons. The van der Waals surface area contributed by atoms with Gasteiger partial charge in [-0.05, 0) is 41.8 Å². The van der Waals surface area contributed by atoms with Gasteiger partial charge in [0, 0.05) is 22.0 Å². The number of aromatic amines is 2. The highest BCUT2D eigenvalue weighted by Crippen LogP contribution is 2.24. The number of benzene rings is 2. The Morgan fingerprint density at radius 3 is 2.62 bits per heavy atom. The lowest BCUT2D eigenvalue weighted by Gasteiger charge is -2.02. The van der Waals surface area contributed by atoms with Crippen molar-refractivity contribution in [2.24, 2.45) is 0 Å². The summed E-state index contributed by atoms with van der Waals surface area (Å²) in [6.07, 6.45) is 0. The van der Waals surface area contributed by atoms with Crippen LogP contribution in [0.3, 0.4) is 0 Å². The topological polar surface area (TPSA) is 105 Å². The average molecular weight is 347 g/mol. The predicted octanol–water partition coefficient (Wildman–Crippen LogP) is 1.65. The Balaban J connectivity index is 1.77. The SMILES string of the molecule is [NH3+]CCNC(=O)c1ccc2[nH]c(-c3cc4ccccc4[nH]c3=O)cc2c1. The minimum Gasteiger partial charge on any atom is -0.356 e. The standard InChI is InChI=1S/C20H18N4O2/c21-7-8-22-19(25)13-5-6-17-14(9-13)11-18(23-17)15-10-12-3-1-2-4-16(12)24-20(15)26/h1-6,9-11,23H,7-8,21H2,(H,22,25)(H,24,26)/p+1. The van der Waals surface area contributed by atoms with Crippen molar-refractivity contribution in [3.63, 3.8) is 0 Å². The first-order valence-corrected chi connectivity index (χ1v) is 8.48. The van der Waals surface area contributed by atoms with E-state index in [1.807, 2.05) is 48.5 Å². The van der Waals surface area contributed by atoms with Gasteiger partial charge in [-0.1, -0.05) is 18.2 Å². The van der Waals surface area contributed by atoms with Crippen LogP contribution in [0, 0.1) is 0 Å². The number of pyridine rings is 1. The highest BCUT2D eigenvalue weighted by Gasteiger charge is 2.11. The first-order chi connectivity index (χ1) is 12.7. The Labute approximate surface area is 149 Å². The molecule has 0 spiro atoms. The number of para-hydroxylation sites is 1. The van der Waals surface area contributed by atoms with E-state index in [0.29, 0.717) is 24.2 Å². The number of fused-ring (bicyclic) bond motifs is 2. The van der Waals surface area contributed by atoms with Gasteiger partial charge in [-0.3, -0.25) is 9.59 Å². The van der Waals surface area contributed by atoms with Crippen molar-refractivity contribution in [2.45, 2.75) is 0 Å². The van der Waals surface area contributed by atoms with E-state index in [4.69, 9.17) is 0 Å². The van der Waals surface area contributed by atoms with Gasteiger partial charge in [0.05, 0.1) is 24.3 Å². The molecule has 6 nitrogen and oxygen atoms in total. The number of aromatic nitrogens is 2. The third-order valence-electron chi connectivity index (χ3n) is 4.39. The fourth-order valence-electron chi connectivity index (χ4n) is 3.07. The van der Waals surface area contributed by atoms with Crippen LogP contribution in [0.1, 0.15) is 10.4 Å². The number of amides is 1. The molecule has 4 aromatic rings. The molecule has 2 heterocycles. The van der Waals surface area contributed by atoms with E-state index in [9.17, 15) is 9.59 Å². The Hall–Kier alpha value is -3.38.